The van der Waals surface area contributed by atoms with Crippen LogP contribution in [0.4, 0.5) is 10.2 Å². The lowest BCUT2D eigenvalue weighted by Crippen LogP contribution is -2.35. The van der Waals surface area contributed by atoms with Gasteiger partial charge in [-0.05, 0) is 53.1 Å². The van der Waals surface area contributed by atoms with E-state index in [1.165, 1.54) is 17.2 Å². The molecule has 1 N–H and O–H groups in total. The maximum atomic E-state index is 15.8. The van der Waals surface area contributed by atoms with Crippen molar-refractivity contribution in [2.75, 3.05) is 26.1 Å². The summed E-state index contributed by atoms with van der Waals surface area (Å²) >= 11 is 0. The van der Waals surface area contributed by atoms with E-state index in [0.717, 1.165) is 16.7 Å². The normalized spacial score (nSPS) is 17.6. The van der Waals surface area contributed by atoms with Crippen LogP contribution < -0.4 is 14.8 Å². The molecule has 1 fully saturated rings. The van der Waals surface area contributed by atoms with Crippen molar-refractivity contribution in [2.24, 2.45) is 0 Å². The molecule has 1 aliphatic rings. The molecule has 1 aliphatic heterocycles. The fourth-order valence-corrected chi connectivity index (χ4v) is 6.24. The van der Waals surface area contributed by atoms with E-state index in [2.05, 4.69) is 20.3 Å². The summed E-state index contributed by atoms with van der Waals surface area (Å²) in [4.78, 5) is 25.8. The fraction of sp³-hybridized carbons (Fsp3) is 0.211. The second-order valence-electron chi connectivity index (χ2n) is 11.6. The van der Waals surface area contributed by atoms with Crippen LogP contribution >= 0.6 is 0 Å². The zero-order valence-corrected chi connectivity index (χ0v) is 26.9. The van der Waals surface area contributed by atoms with Gasteiger partial charge in [0.15, 0.2) is 23.2 Å². The summed E-state index contributed by atoms with van der Waals surface area (Å²) in [6.45, 7) is 0.0733. The predicted molar refractivity (Wildman–Crippen MR) is 181 cm³/mol. The van der Waals surface area contributed by atoms with Crippen molar-refractivity contribution in [3.8, 4) is 11.5 Å². The Balaban J connectivity index is 1.18. The Hall–Kier alpha value is -5.65. The van der Waals surface area contributed by atoms with Crippen molar-refractivity contribution in [2.45, 2.75) is 30.5 Å². The number of aromatic nitrogens is 4. The summed E-state index contributed by atoms with van der Waals surface area (Å²) in [5, 5.41) is 2.79. The maximum Gasteiger partial charge on any atom is 0.256 e. The Morgan fingerprint density at radius 3 is 2.04 bits per heavy atom. The van der Waals surface area contributed by atoms with E-state index in [4.69, 9.17) is 18.9 Å². The first-order valence-corrected chi connectivity index (χ1v) is 15.8. The van der Waals surface area contributed by atoms with Crippen LogP contribution in [0, 0.1) is 0 Å². The molecule has 3 atom stereocenters. The SMILES string of the molecule is COc1ccc(C(OC[C@@H]2CC(F)[C@H](n3cnc4c(NC(=O)c5ccccc5)ncnc43)O2)(c2ccccc2)c2ccc(OC)cc2)cc1. The molecule has 248 valence electrons. The number of methoxy groups -OCH3 is 2. The van der Waals surface area contributed by atoms with E-state index >= 15 is 4.39 Å². The summed E-state index contributed by atoms with van der Waals surface area (Å²) in [6.07, 6.45) is -0.141. The minimum Gasteiger partial charge on any atom is -0.497 e. The summed E-state index contributed by atoms with van der Waals surface area (Å²) in [7, 11) is 3.25. The van der Waals surface area contributed by atoms with Crippen molar-refractivity contribution in [3.63, 3.8) is 0 Å². The first-order chi connectivity index (χ1) is 24.0. The molecular formula is C38H34FN5O5. The highest BCUT2D eigenvalue weighted by molar-refractivity contribution is 6.06. The molecule has 49 heavy (non-hydrogen) atoms. The van der Waals surface area contributed by atoms with Crippen LogP contribution in [0.2, 0.25) is 0 Å². The van der Waals surface area contributed by atoms with Gasteiger partial charge < -0.3 is 24.3 Å². The Morgan fingerprint density at radius 1 is 0.837 bits per heavy atom. The lowest BCUT2D eigenvalue weighted by atomic mass is 9.80. The molecule has 0 saturated carbocycles. The third-order valence-electron chi connectivity index (χ3n) is 8.69. The molecule has 3 heterocycles. The summed E-state index contributed by atoms with van der Waals surface area (Å²) in [5.41, 5.74) is 2.66. The molecule has 7 rings (SSSR count). The number of halogens is 1. The van der Waals surface area contributed by atoms with Crippen LogP contribution in [-0.4, -0.2) is 58.5 Å². The molecule has 1 unspecified atom stereocenters. The molecule has 0 bridgehead atoms. The van der Waals surface area contributed by atoms with Crippen molar-refractivity contribution < 1.29 is 28.1 Å². The van der Waals surface area contributed by atoms with E-state index < -0.39 is 24.1 Å². The highest BCUT2D eigenvalue weighted by Crippen LogP contribution is 2.43. The van der Waals surface area contributed by atoms with Gasteiger partial charge in [0.25, 0.3) is 5.91 Å². The quantitative estimate of drug-likeness (QED) is 0.153. The molecule has 0 aliphatic carbocycles. The van der Waals surface area contributed by atoms with Crippen LogP contribution in [-0.2, 0) is 15.1 Å². The molecule has 0 spiro atoms. The number of carbonyl (C=O) groups is 1. The summed E-state index contributed by atoms with van der Waals surface area (Å²) in [6, 6.07) is 34.1. The second-order valence-corrected chi connectivity index (χ2v) is 11.6. The molecular weight excluding hydrogens is 625 g/mol. The average Bonchev–Trinajstić information content (AvgIpc) is 3.76. The number of nitrogens with one attached hydrogen (secondary N) is 1. The molecule has 2 aromatic heterocycles. The monoisotopic (exact) mass is 659 g/mol. The number of imidazole rings is 1. The van der Waals surface area contributed by atoms with Gasteiger partial charge in [0.05, 0.1) is 33.3 Å². The van der Waals surface area contributed by atoms with Crippen molar-refractivity contribution >= 4 is 22.9 Å². The Labute approximate surface area is 282 Å². The number of anilines is 1. The minimum atomic E-state index is -1.38. The van der Waals surface area contributed by atoms with Crippen molar-refractivity contribution in [1.82, 2.24) is 19.5 Å². The largest absolute Gasteiger partial charge is 0.497 e. The smallest absolute Gasteiger partial charge is 0.256 e. The van der Waals surface area contributed by atoms with Crippen LogP contribution in [0.3, 0.4) is 0 Å². The maximum absolute atomic E-state index is 15.8. The third kappa shape index (κ3) is 6.21. The molecule has 10 nitrogen and oxygen atoms in total. The highest BCUT2D eigenvalue weighted by atomic mass is 19.1. The summed E-state index contributed by atoms with van der Waals surface area (Å²) < 4.78 is 41.6. The molecule has 4 aromatic carbocycles. The molecule has 1 amide bonds. The van der Waals surface area contributed by atoms with Gasteiger partial charge in [-0.3, -0.25) is 9.36 Å². The van der Waals surface area contributed by atoms with E-state index in [1.807, 2.05) is 84.9 Å². The van der Waals surface area contributed by atoms with E-state index in [0.29, 0.717) is 28.2 Å². The summed E-state index contributed by atoms with van der Waals surface area (Å²) in [5.74, 6) is 1.30. The van der Waals surface area contributed by atoms with Crippen LogP contribution in [0.5, 0.6) is 11.5 Å². The zero-order chi connectivity index (χ0) is 33.8. The first-order valence-electron chi connectivity index (χ1n) is 15.8. The third-order valence-corrected chi connectivity index (χ3v) is 8.69. The van der Waals surface area contributed by atoms with Gasteiger partial charge in [-0.15, -0.1) is 0 Å². The standard InChI is InChI=1S/C38H34FN5O5/c1-46-29-17-13-27(14-18-29)38(26-11-7-4-8-12-26,28-15-19-30(47-2)20-16-28)48-22-31-21-32(39)37(49-31)44-24-42-33-34(40-23-41-35(33)44)43-36(45)25-9-5-3-6-10-25/h3-20,23-24,31-32,37H,21-22H2,1-2H3,(H,40,41,43,45)/t31-,32?,37+/m0/s1. The number of hydrogen-bond donors (Lipinski definition) is 1. The highest BCUT2D eigenvalue weighted by Gasteiger charge is 2.42. The number of hydrogen-bond acceptors (Lipinski definition) is 8. The van der Waals surface area contributed by atoms with Gasteiger partial charge in [-0.25, -0.2) is 19.3 Å². The Morgan fingerprint density at radius 2 is 1.43 bits per heavy atom. The van der Waals surface area contributed by atoms with Crippen molar-refractivity contribution in [3.05, 3.63) is 144 Å². The number of fused-ring (bicyclic) bond motifs is 1. The lowest BCUT2D eigenvalue weighted by Gasteiger charge is -2.37. The number of nitrogens with zero attached hydrogens (tertiary/aromatic N) is 4. The second kappa shape index (κ2) is 13.8. The number of benzene rings is 4. The molecule has 0 radical (unpaired) electrons. The van der Waals surface area contributed by atoms with Gasteiger partial charge in [0, 0.05) is 12.0 Å². The Kier molecular flexibility index (Phi) is 9.01. The van der Waals surface area contributed by atoms with Crippen LogP contribution in [0.1, 0.15) is 39.7 Å². The van der Waals surface area contributed by atoms with Crippen LogP contribution in [0.25, 0.3) is 11.2 Å². The van der Waals surface area contributed by atoms with E-state index in [9.17, 15) is 4.79 Å². The number of amides is 1. The molecule has 1 saturated heterocycles. The van der Waals surface area contributed by atoms with Crippen molar-refractivity contribution in [1.29, 1.82) is 0 Å². The predicted octanol–water partition coefficient (Wildman–Crippen LogP) is 6.73. The van der Waals surface area contributed by atoms with Gasteiger partial charge in [0.2, 0.25) is 0 Å². The van der Waals surface area contributed by atoms with Gasteiger partial charge in [-0.2, -0.15) is 0 Å². The van der Waals surface area contributed by atoms with Crippen LogP contribution in [0.15, 0.2) is 122 Å². The van der Waals surface area contributed by atoms with E-state index in [-0.39, 0.29) is 24.8 Å². The van der Waals surface area contributed by atoms with Gasteiger partial charge >= 0.3 is 0 Å². The number of carbonyl (C=O) groups excluding carboxylic acids is 1. The number of ether oxygens (including phenoxy) is 4. The average molecular weight is 660 g/mol. The molecule has 11 heteroatoms. The number of rotatable bonds is 11. The van der Waals surface area contributed by atoms with E-state index in [1.54, 1.807) is 38.5 Å². The minimum absolute atomic E-state index is 0.0733. The van der Waals surface area contributed by atoms with Gasteiger partial charge in [0.1, 0.15) is 29.6 Å². The Bertz CT molecular complexity index is 1980. The lowest BCUT2D eigenvalue weighted by molar-refractivity contribution is -0.0804. The molecule has 6 aromatic rings. The fourth-order valence-electron chi connectivity index (χ4n) is 6.24. The van der Waals surface area contributed by atoms with Gasteiger partial charge in [-0.1, -0.05) is 72.8 Å². The zero-order valence-electron chi connectivity index (χ0n) is 26.9. The topological polar surface area (TPSA) is 110 Å². The first kappa shape index (κ1) is 31.9. The number of alkyl halides is 1.